The fraction of sp³-hybridized carbons (Fsp3) is 0. The molecule has 0 aliphatic heterocycles. The maximum Gasteiger partial charge on any atom is 0.256 e. The van der Waals surface area contributed by atoms with E-state index in [-0.39, 0.29) is 11.8 Å². The van der Waals surface area contributed by atoms with Crippen molar-refractivity contribution < 1.29 is 14.0 Å². The number of fused-ring (bicyclic) bond motifs is 1. The number of amides is 2. The van der Waals surface area contributed by atoms with Crippen molar-refractivity contribution in [3.8, 4) is 11.4 Å². The molecule has 0 saturated heterocycles. The van der Waals surface area contributed by atoms with E-state index in [1.54, 1.807) is 54.7 Å². The maximum atomic E-state index is 13.0. The summed E-state index contributed by atoms with van der Waals surface area (Å²) in [5.74, 6) is 0.122. The molecule has 0 fully saturated rings. The van der Waals surface area contributed by atoms with E-state index in [1.807, 2.05) is 12.1 Å². The number of halogens is 1. The number of aromatic nitrogens is 3. The van der Waals surface area contributed by atoms with Gasteiger partial charge in [0.2, 0.25) is 0 Å². The van der Waals surface area contributed by atoms with Gasteiger partial charge in [-0.1, -0.05) is 6.07 Å². The molecule has 34 heavy (non-hydrogen) atoms. The highest BCUT2D eigenvalue weighted by molar-refractivity contribution is 6.06. The summed E-state index contributed by atoms with van der Waals surface area (Å²) in [6, 6.07) is 23.0. The Labute approximate surface area is 193 Å². The van der Waals surface area contributed by atoms with Gasteiger partial charge in [0.1, 0.15) is 17.5 Å². The predicted molar refractivity (Wildman–Crippen MR) is 128 cm³/mol. The van der Waals surface area contributed by atoms with E-state index in [4.69, 9.17) is 0 Å². The fourth-order valence-electron chi connectivity index (χ4n) is 3.43. The largest absolute Gasteiger partial charge is 0.338 e. The van der Waals surface area contributed by atoms with Crippen molar-refractivity contribution in [2.75, 3.05) is 10.6 Å². The van der Waals surface area contributed by atoms with Crippen molar-refractivity contribution in [1.82, 2.24) is 15.0 Å². The van der Waals surface area contributed by atoms with Gasteiger partial charge >= 0.3 is 0 Å². The molecule has 0 unspecified atom stereocenters. The predicted octanol–water partition coefficient (Wildman–Crippen LogP) is 5.27. The number of carbonyl (C=O) groups excluding carboxylic acids is 2. The summed E-state index contributed by atoms with van der Waals surface area (Å²) in [6.07, 6.45) is 1.61. The molecule has 166 valence electrons. The van der Waals surface area contributed by atoms with E-state index < -0.39 is 5.82 Å². The molecule has 0 atom stereocenters. The molecule has 0 radical (unpaired) electrons. The Morgan fingerprint density at radius 2 is 1.53 bits per heavy atom. The standard InChI is InChI=1S/C26H18FN5O2/c27-19-9-4-17(5-10-19)25(33)29-20-11-6-16(7-12-20)24-30-21-13-8-18(15-22(21)31-24)26(34)32-23-3-1-2-14-28-23/h1-15H,(H,29,33)(H,30,31)(H,28,32,34). The SMILES string of the molecule is O=C(Nc1ccc(-c2nc3ccc(C(=O)Nc4ccccn4)cc3[nH]2)cc1)c1ccc(F)cc1. The molecule has 2 amide bonds. The number of imidazole rings is 1. The van der Waals surface area contributed by atoms with Crippen LogP contribution in [0.1, 0.15) is 20.7 Å². The number of benzene rings is 3. The first-order valence-corrected chi connectivity index (χ1v) is 10.4. The molecule has 8 heteroatoms. The van der Waals surface area contributed by atoms with Crippen LogP contribution < -0.4 is 10.6 Å². The number of anilines is 2. The van der Waals surface area contributed by atoms with Crippen LogP contribution in [0.5, 0.6) is 0 Å². The van der Waals surface area contributed by atoms with E-state index in [0.717, 1.165) is 16.6 Å². The molecule has 0 bridgehead atoms. The summed E-state index contributed by atoms with van der Waals surface area (Å²) in [7, 11) is 0. The Kier molecular flexibility index (Phi) is 5.53. The van der Waals surface area contributed by atoms with Crippen LogP contribution in [-0.2, 0) is 0 Å². The minimum Gasteiger partial charge on any atom is -0.338 e. The molecule has 3 N–H and O–H groups in total. The molecular weight excluding hydrogens is 433 g/mol. The van der Waals surface area contributed by atoms with Crippen molar-refractivity contribution in [1.29, 1.82) is 0 Å². The molecule has 2 heterocycles. The lowest BCUT2D eigenvalue weighted by atomic mass is 10.1. The number of hydrogen-bond donors (Lipinski definition) is 3. The van der Waals surface area contributed by atoms with Crippen molar-refractivity contribution >= 4 is 34.4 Å². The lowest BCUT2D eigenvalue weighted by Gasteiger charge is -2.06. The summed E-state index contributed by atoms with van der Waals surface area (Å²) >= 11 is 0. The van der Waals surface area contributed by atoms with Crippen molar-refractivity contribution in [3.05, 3.63) is 108 Å². The van der Waals surface area contributed by atoms with Gasteiger partial charge in [-0.2, -0.15) is 0 Å². The number of H-pyrrole nitrogens is 1. The zero-order chi connectivity index (χ0) is 23.5. The number of pyridine rings is 1. The molecular formula is C26H18FN5O2. The summed E-state index contributed by atoms with van der Waals surface area (Å²) < 4.78 is 13.0. The summed E-state index contributed by atoms with van der Waals surface area (Å²) in [5, 5.41) is 5.54. The highest BCUT2D eigenvalue weighted by Gasteiger charge is 2.12. The molecule has 0 aliphatic carbocycles. The molecule has 0 saturated carbocycles. The number of carbonyl (C=O) groups is 2. The van der Waals surface area contributed by atoms with Gasteiger partial charge in [0.25, 0.3) is 11.8 Å². The van der Waals surface area contributed by atoms with Crippen LogP contribution >= 0.6 is 0 Å². The fourth-order valence-corrected chi connectivity index (χ4v) is 3.43. The van der Waals surface area contributed by atoms with E-state index >= 15 is 0 Å². The van der Waals surface area contributed by atoms with Gasteiger partial charge in [-0.15, -0.1) is 0 Å². The van der Waals surface area contributed by atoms with Crippen LogP contribution in [0.4, 0.5) is 15.9 Å². The first-order chi connectivity index (χ1) is 16.5. The first kappa shape index (κ1) is 21.0. The average Bonchev–Trinajstić information content (AvgIpc) is 3.29. The monoisotopic (exact) mass is 451 g/mol. The Balaban J connectivity index is 1.31. The van der Waals surface area contributed by atoms with Crippen LogP contribution in [0.2, 0.25) is 0 Å². The quantitative estimate of drug-likeness (QED) is 0.339. The third-order valence-corrected chi connectivity index (χ3v) is 5.17. The lowest BCUT2D eigenvalue weighted by molar-refractivity contribution is 0.101. The third-order valence-electron chi connectivity index (χ3n) is 5.17. The van der Waals surface area contributed by atoms with Gasteiger partial charge in [0.15, 0.2) is 0 Å². The Morgan fingerprint density at radius 3 is 2.26 bits per heavy atom. The third kappa shape index (κ3) is 4.51. The molecule has 0 spiro atoms. The molecule has 7 nitrogen and oxygen atoms in total. The van der Waals surface area contributed by atoms with Gasteiger partial charge in [-0.25, -0.2) is 14.4 Å². The Morgan fingerprint density at radius 1 is 0.794 bits per heavy atom. The van der Waals surface area contributed by atoms with Crippen molar-refractivity contribution in [2.24, 2.45) is 0 Å². The zero-order valence-electron chi connectivity index (χ0n) is 17.7. The van der Waals surface area contributed by atoms with Gasteiger partial charge in [-0.05, 0) is 78.9 Å². The number of hydrogen-bond acceptors (Lipinski definition) is 4. The number of nitrogens with zero attached hydrogens (tertiary/aromatic N) is 2. The Hall–Kier alpha value is -4.85. The van der Waals surface area contributed by atoms with Crippen LogP contribution in [0.15, 0.2) is 91.1 Å². The molecule has 2 aromatic heterocycles. The van der Waals surface area contributed by atoms with Gasteiger partial charge in [0.05, 0.1) is 11.0 Å². The van der Waals surface area contributed by atoms with Gasteiger partial charge in [-0.3, -0.25) is 9.59 Å². The minimum absolute atomic E-state index is 0.266. The first-order valence-electron chi connectivity index (χ1n) is 10.4. The van der Waals surface area contributed by atoms with Gasteiger partial charge in [0, 0.05) is 28.6 Å². The van der Waals surface area contributed by atoms with Gasteiger partial charge < -0.3 is 15.6 Å². The number of rotatable bonds is 5. The van der Waals surface area contributed by atoms with E-state index in [2.05, 4.69) is 25.6 Å². The van der Waals surface area contributed by atoms with Crippen molar-refractivity contribution in [3.63, 3.8) is 0 Å². The second-order valence-corrected chi connectivity index (χ2v) is 7.52. The topological polar surface area (TPSA) is 99.8 Å². The van der Waals surface area contributed by atoms with E-state index in [9.17, 15) is 14.0 Å². The normalized spacial score (nSPS) is 10.7. The highest BCUT2D eigenvalue weighted by atomic mass is 19.1. The average molecular weight is 451 g/mol. The van der Waals surface area contributed by atoms with E-state index in [1.165, 1.54) is 24.3 Å². The minimum atomic E-state index is -0.396. The van der Waals surface area contributed by atoms with Crippen LogP contribution in [0, 0.1) is 5.82 Å². The second-order valence-electron chi connectivity index (χ2n) is 7.52. The highest BCUT2D eigenvalue weighted by Crippen LogP contribution is 2.23. The zero-order valence-corrected chi connectivity index (χ0v) is 17.7. The maximum absolute atomic E-state index is 13.0. The lowest BCUT2D eigenvalue weighted by Crippen LogP contribution is -2.12. The Bertz CT molecular complexity index is 1480. The molecule has 5 aromatic rings. The second kappa shape index (κ2) is 8.95. The number of nitrogens with one attached hydrogen (secondary N) is 3. The number of aromatic amines is 1. The van der Waals surface area contributed by atoms with Crippen molar-refractivity contribution in [2.45, 2.75) is 0 Å². The summed E-state index contributed by atoms with van der Waals surface area (Å²) in [5.41, 5.74) is 3.70. The van der Waals surface area contributed by atoms with Crippen LogP contribution in [-0.4, -0.2) is 26.8 Å². The molecule has 5 rings (SSSR count). The molecule has 3 aromatic carbocycles. The van der Waals surface area contributed by atoms with Crippen LogP contribution in [0.25, 0.3) is 22.4 Å². The summed E-state index contributed by atoms with van der Waals surface area (Å²) in [6.45, 7) is 0. The van der Waals surface area contributed by atoms with Crippen LogP contribution in [0.3, 0.4) is 0 Å². The molecule has 0 aliphatic rings. The van der Waals surface area contributed by atoms with E-state index in [0.29, 0.717) is 28.5 Å². The summed E-state index contributed by atoms with van der Waals surface area (Å²) in [4.78, 5) is 36.8. The smallest absolute Gasteiger partial charge is 0.256 e.